The molecular weight excluding hydrogens is 304 g/mol. The lowest BCUT2D eigenvalue weighted by Crippen LogP contribution is -2.44. The van der Waals surface area contributed by atoms with Crippen molar-refractivity contribution in [1.82, 2.24) is 10.3 Å². The lowest BCUT2D eigenvalue weighted by molar-refractivity contribution is -0.122. The number of hydrogen-bond donors (Lipinski definition) is 2. The summed E-state index contributed by atoms with van der Waals surface area (Å²) in [5.41, 5.74) is 0.782. The van der Waals surface area contributed by atoms with Crippen LogP contribution in [0.25, 0.3) is 11.3 Å². The molecular formula is C19H24N2O3. The normalized spacial score (nSPS) is 23.3. The van der Waals surface area contributed by atoms with E-state index in [4.69, 9.17) is 4.42 Å². The number of benzene rings is 1. The number of amides is 1. The van der Waals surface area contributed by atoms with Crippen LogP contribution in [-0.2, 0) is 11.2 Å². The Bertz CT molecular complexity index is 683. The summed E-state index contributed by atoms with van der Waals surface area (Å²) in [6.07, 6.45) is 5.44. The van der Waals surface area contributed by atoms with Gasteiger partial charge >= 0.3 is 0 Å². The summed E-state index contributed by atoms with van der Waals surface area (Å²) in [6.45, 7) is 2.14. The first-order valence-corrected chi connectivity index (χ1v) is 8.51. The van der Waals surface area contributed by atoms with Crippen molar-refractivity contribution < 1.29 is 14.3 Å². The molecule has 0 bridgehead atoms. The predicted octanol–water partition coefficient (Wildman–Crippen LogP) is 2.94. The third-order valence-corrected chi connectivity index (χ3v) is 4.96. The topological polar surface area (TPSA) is 75.4 Å². The van der Waals surface area contributed by atoms with Gasteiger partial charge in [0.05, 0.1) is 12.8 Å². The monoisotopic (exact) mass is 328 g/mol. The molecule has 0 spiro atoms. The number of carbonyl (C=O) groups excluding carboxylic acids is 1. The molecule has 24 heavy (non-hydrogen) atoms. The van der Waals surface area contributed by atoms with Crippen LogP contribution in [0.1, 0.15) is 38.5 Å². The first kappa shape index (κ1) is 16.7. The van der Waals surface area contributed by atoms with Crippen LogP contribution >= 0.6 is 0 Å². The summed E-state index contributed by atoms with van der Waals surface area (Å²) in [4.78, 5) is 16.4. The second-order valence-electron chi connectivity index (χ2n) is 6.81. The zero-order valence-electron chi connectivity index (χ0n) is 14.0. The maximum atomic E-state index is 12.2. The predicted molar refractivity (Wildman–Crippen MR) is 91.2 cm³/mol. The Balaban J connectivity index is 1.53. The molecule has 2 aromatic rings. The van der Waals surface area contributed by atoms with Crippen molar-refractivity contribution >= 4 is 5.91 Å². The van der Waals surface area contributed by atoms with E-state index in [0.717, 1.165) is 30.6 Å². The number of carbonyl (C=O) groups is 1. The lowest BCUT2D eigenvalue weighted by atomic mass is 9.86. The number of rotatable bonds is 6. The van der Waals surface area contributed by atoms with Gasteiger partial charge in [-0.25, -0.2) is 4.98 Å². The van der Waals surface area contributed by atoms with Crippen LogP contribution in [0.4, 0.5) is 0 Å². The smallest absolute Gasteiger partial charge is 0.220 e. The fourth-order valence-electron chi connectivity index (χ4n) is 3.32. The van der Waals surface area contributed by atoms with Gasteiger partial charge < -0.3 is 14.8 Å². The summed E-state index contributed by atoms with van der Waals surface area (Å²) in [5.74, 6) is 1.27. The Morgan fingerprint density at radius 2 is 2.21 bits per heavy atom. The number of hydrogen-bond acceptors (Lipinski definition) is 4. The molecule has 1 aliphatic carbocycles. The quantitative estimate of drug-likeness (QED) is 0.855. The highest BCUT2D eigenvalue weighted by atomic mass is 16.4. The molecule has 3 rings (SSSR count). The molecule has 2 N–H and O–H groups in total. The van der Waals surface area contributed by atoms with Crippen molar-refractivity contribution in [2.75, 3.05) is 6.61 Å². The van der Waals surface area contributed by atoms with E-state index >= 15 is 0 Å². The molecule has 0 radical (unpaired) electrons. The van der Waals surface area contributed by atoms with E-state index in [-0.39, 0.29) is 24.0 Å². The van der Waals surface area contributed by atoms with Gasteiger partial charge in [-0.3, -0.25) is 4.79 Å². The van der Waals surface area contributed by atoms with Gasteiger partial charge in [0.15, 0.2) is 11.7 Å². The Hall–Kier alpha value is -2.14. The van der Waals surface area contributed by atoms with Gasteiger partial charge in [0.2, 0.25) is 5.91 Å². The summed E-state index contributed by atoms with van der Waals surface area (Å²) in [7, 11) is 0. The van der Waals surface area contributed by atoms with Gasteiger partial charge in [-0.2, -0.15) is 0 Å². The van der Waals surface area contributed by atoms with E-state index in [2.05, 4.69) is 10.3 Å². The molecule has 1 heterocycles. The number of oxazole rings is 1. The van der Waals surface area contributed by atoms with Gasteiger partial charge in [0.1, 0.15) is 0 Å². The van der Waals surface area contributed by atoms with Crippen molar-refractivity contribution in [3.05, 3.63) is 42.4 Å². The van der Waals surface area contributed by atoms with E-state index in [1.807, 2.05) is 37.3 Å². The molecule has 5 heteroatoms. The Labute approximate surface area is 142 Å². The maximum absolute atomic E-state index is 12.2. The van der Waals surface area contributed by atoms with Gasteiger partial charge in [-0.05, 0) is 12.8 Å². The first-order chi connectivity index (χ1) is 11.6. The van der Waals surface area contributed by atoms with Gasteiger partial charge in [0.25, 0.3) is 0 Å². The van der Waals surface area contributed by atoms with Crippen LogP contribution in [0.2, 0.25) is 0 Å². The van der Waals surface area contributed by atoms with Gasteiger partial charge in [-0.1, -0.05) is 43.7 Å². The molecule has 0 saturated heterocycles. The number of aliphatic hydroxyl groups is 1. The highest BCUT2D eigenvalue weighted by Gasteiger charge is 2.38. The average Bonchev–Trinajstić information content (AvgIpc) is 3.22. The highest BCUT2D eigenvalue weighted by molar-refractivity contribution is 5.76. The third-order valence-electron chi connectivity index (χ3n) is 4.96. The zero-order chi connectivity index (χ0) is 17.0. The van der Waals surface area contributed by atoms with E-state index < -0.39 is 0 Å². The van der Waals surface area contributed by atoms with Crippen molar-refractivity contribution in [2.45, 2.75) is 45.1 Å². The van der Waals surface area contributed by atoms with E-state index in [1.54, 1.807) is 6.20 Å². The van der Waals surface area contributed by atoms with Gasteiger partial charge in [-0.15, -0.1) is 0 Å². The van der Waals surface area contributed by atoms with E-state index in [0.29, 0.717) is 18.7 Å². The Kier molecular flexibility index (Phi) is 5.00. The summed E-state index contributed by atoms with van der Waals surface area (Å²) < 4.78 is 5.72. The highest BCUT2D eigenvalue weighted by Crippen LogP contribution is 2.37. The van der Waals surface area contributed by atoms with Crippen molar-refractivity contribution in [3.8, 4) is 11.3 Å². The minimum absolute atomic E-state index is 0.0129. The maximum Gasteiger partial charge on any atom is 0.220 e. The minimum Gasteiger partial charge on any atom is -0.441 e. The number of nitrogens with zero attached hydrogens (tertiary/aromatic N) is 1. The van der Waals surface area contributed by atoms with E-state index in [1.165, 1.54) is 0 Å². The van der Waals surface area contributed by atoms with Crippen LogP contribution in [0, 0.1) is 5.41 Å². The van der Waals surface area contributed by atoms with Crippen LogP contribution < -0.4 is 5.32 Å². The summed E-state index contributed by atoms with van der Waals surface area (Å²) in [5, 5.41) is 12.6. The molecule has 1 aromatic carbocycles. The second kappa shape index (κ2) is 7.18. The fraction of sp³-hybridized carbons (Fsp3) is 0.474. The second-order valence-corrected chi connectivity index (χ2v) is 6.81. The molecule has 5 nitrogen and oxygen atoms in total. The lowest BCUT2D eigenvalue weighted by Gasteiger charge is -2.30. The van der Waals surface area contributed by atoms with Gasteiger partial charge in [0, 0.05) is 29.9 Å². The number of aryl methyl sites for hydroxylation is 1. The van der Waals surface area contributed by atoms with Crippen LogP contribution in [0.5, 0.6) is 0 Å². The minimum atomic E-state index is -0.195. The third kappa shape index (κ3) is 3.67. The molecule has 1 saturated carbocycles. The Morgan fingerprint density at radius 3 is 2.96 bits per heavy atom. The SMILES string of the molecule is CC1(CO)CCCC1NC(=O)CCc1ncc(-c2ccccc2)o1. The molecule has 0 aliphatic heterocycles. The number of aliphatic hydroxyl groups excluding tert-OH is 1. The van der Waals surface area contributed by atoms with Crippen molar-refractivity contribution in [1.29, 1.82) is 0 Å². The zero-order valence-corrected chi connectivity index (χ0v) is 14.0. The van der Waals surface area contributed by atoms with Crippen molar-refractivity contribution in [2.24, 2.45) is 5.41 Å². The standard InChI is InChI=1S/C19H24N2O3/c1-19(13-22)11-5-8-16(19)21-17(23)9-10-18-20-12-15(24-18)14-6-3-2-4-7-14/h2-4,6-7,12,16,22H,5,8-11,13H2,1H3,(H,21,23). The van der Waals surface area contributed by atoms with E-state index in [9.17, 15) is 9.90 Å². The largest absolute Gasteiger partial charge is 0.441 e. The molecule has 1 amide bonds. The average molecular weight is 328 g/mol. The molecule has 1 aliphatic rings. The van der Waals surface area contributed by atoms with Crippen LogP contribution in [0.15, 0.2) is 40.9 Å². The summed E-state index contributed by atoms with van der Waals surface area (Å²) in [6, 6.07) is 9.84. The number of aromatic nitrogens is 1. The first-order valence-electron chi connectivity index (χ1n) is 8.51. The summed E-state index contributed by atoms with van der Waals surface area (Å²) >= 11 is 0. The molecule has 2 atom stereocenters. The molecule has 1 fully saturated rings. The molecule has 1 aromatic heterocycles. The van der Waals surface area contributed by atoms with Crippen molar-refractivity contribution in [3.63, 3.8) is 0 Å². The Morgan fingerprint density at radius 1 is 1.42 bits per heavy atom. The number of nitrogens with one attached hydrogen (secondary N) is 1. The van der Waals surface area contributed by atoms with Crippen LogP contribution in [-0.4, -0.2) is 28.6 Å². The molecule has 128 valence electrons. The molecule has 2 unspecified atom stereocenters. The fourth-order valence-corrected chi connectivity index (χ4v) is 3.32. The van der Waals surface area contributed by atoms with Crippen LogP contribution in [0.3, 0.4) is 0 Å².